The number of hydrogen-bond donors (Lipinski definition) is 2. The predicted molar refractivity (Wildman–Crippen MR) is 107 cm³/mol. The second-order valence-electron chi connectivity index (χ2n) is 7.51. The summed E-state index contributed by atoms with van der Waals surface area (Å²) in [6.07, 6.45) is 0.259. The molecule has 6 nitrogen and oxygen atoms in total. The van der Waals surface area contributed by atoms with E-state index >= 15 is 0 Å². The zero-order valence-electron chi connectivity index (χ0n) is 15.8. The molecule has 0 saturated heterocycles. The summed E-state index contributed by atoms with van der Waals surface area (Å²) in [6.45, 7) is 0.283. The van der Waals surface area contributed by atoms with Crippen LogP contribution in [0.3, 0.4) is 0 Å². The van der Waals surface area contributed by atoms with Gasteiger partial charge in [-0.1, -0.05) is 0 Å². The number of halogens is 3. The molecule has 1 aliphatic carbocycles. The number of alkyl halides is 2. The summed E-state index contributed by atoms with van der Waals surface area (Å²) in [7, 11) is 0. The third-order valence-corrected chi connectivity index (χ3v) is 6.23. The number of nitrogens with two attached hydrogens (primary N) is 1. The number of primary amides is 1. The number of fused-ring (bicyclic) bond motifs is 1. The van der Waals surface area contributed by atoms with Gasteiger partial charge in [0.05, 0.1) is 16.1 Å². The molecule has 2 aromatic heterocycles. The van der Waals surface area contributed by atoms with Gasteiger partial charge in [0.15, 0.2) is 0 Å². The van der Waals surface area contributed by atoms with Gasteiger partial charge >= 0.3 is 0 Å². The van der Waals surface area contributed by atoms with Gasteiger partial charge in [-0.25, -0.2) is 13.2 Å². The number of nitrogens with one attached hydrogen (secondary N) is 1. The lowest BCUT2D eigenvalue weighted by Gasteiger charge is -2.28. The molecule has 30 heavy (non-hydrogen) atoms. The second-order valence-corrected chi connectivity index (χ2v) is 8.42. The molecule has 10 heteroatoms. The fourth-order valence-electron chi connectivity index (χ4n) is 3.73. The number of benzene rings is 1. The highest BCUT2D eigenvalue weighted by atomic mass is 32.1. The van der Waals surface area contributed by atoms with Crippen molar-refractivity contribution in [1.82, 2.24) is 9.78 Å². The fraction of sp³-hybridized carbons (Fsp3) is 0.350. The Morgan fingerprint density at radius 3 is 2.67 bits per heavy atom. The van der Waals surface area contributed by atoms with Crippen molar-refractivity contribution < 1.29 is 22.8 Å². The summed E-state index contributed by atoms with van der Waals surface area (Å²) in [5, 5.41) is 9.11. The van der Waals surface area contributed by atoms with Crippen LogP contribution < -0.4 is 11.1 Å². The molecule has 2 heterocycles. The first-order valence-corrected chi connectivity index (χ1v) is 10.3. The van der Waals surface area contributed by atoms with Gasteiger partial charge in [0.2, 0.25) is 5.92 Å². The highest BCUT2D eigenvalue weighted by Gasteiger charge is 2.35. The molecule has 0 aliphatic heterocycles. The number of anilines is 1. The highest BCUT2D eigenvalue weighted by molar-refractivity contribution is 7.12. The van der Waals surface area contributed by atoms with E-state index in [1.807, 2.05) is 0 Å². The van der Waals surface area contributed by atoms with Gasteiger partial charge in [0, 0.05) is 36.2 Å². The van der Waals surface area contributed by atoms with Crippen LogP contribution >= 0.6 is 11.3 Å². The molecule has 0 radical (unpaired) electrons. The Hall–Kier alpha value is -2.88. The number of nitrogens with zero attached hydrogens (tertiary/aromatic N) is 2. The minimum absolute atomic E-state index is 0.0575. The SMILES string of the molecule is NC(=O)c1cc(NC(=O)c2c3ccc(F)cc3nn2CC2CCC(F)(F)CC2)cs1. The van der Waals surface area contributed by atoms with Crippen LogP contribution in [0.4, 0.5) is 18.9 Å². The van der Waals surface area contributed by atoms with Crippen molar-refractivity contribution in [2.75, 3.05) is 5.32 Å². The first-order valence-electron chi connectivity index (χ1n) is 9.45. The highest BCUT2D eigenvalue weighted by Crippen LogP contribution is 2.37. The van der Waals surface area contributed by atoms with E-state index in [2.05, 4.69) is 10.4 Å². The molecule has 158 valence electrons. The Kier molecular flexibility index (Phi) is 5.27. The molecule has 0 atom stereocenters. The first-order chi connectivity index (χ1) is 14.2. The van der Waals surface area contributed by atoms with E-state index in [4.69, 9.17) is 5.73 Å². The molecule has 4 rings (SSSR count). The van der Waals surface area contributed by atoms with Gasteiger partial charge in [-0.05, 0) is 37.0 Å². The summed E-state index contributed by atoms with van der Waals surface area (Å²) in [6, 6.07) is 5.41. The van der Waals surface area contributed by atoms with Crippen LogP contribution in [0.5, 0.6) is 0 Å². The standard InChI is InChI=1S/C20H19F3N4O2S/c21-12-1-2-14-15(7-12)26-27(9-11-3-5-20(22,23)6-4-11)17(14)19(29)25-13-8-16(18(24)28)30-10-13/h1-2,7-8,10-11H,3-6,9H2,(H2,24,28)(H,25,29). The zero-order valence-corrected chi connectivity index (χ0v) is 16.6. The topological polar surface area (TPSA) is 90.0 Å². The monoisotopic (exact) mass is 436 g/mol. The minimum Gasteiger partial charge on any atom is -0.365 e. The average Bonchev–Trinajstić information content (AvgIpc) is 3.27. The minimum atomic E-state index is -2.65. The summed E-state index contributed by atoms with van der Waals surface area (Å²) in [5.41, 5.74) is 6.17. The van der Waals surface area contributed by atoms with Gasteiger partial charge in [0.1, 0.15) is 11.5 Å². The molecule has 1 saturated carbocycles. The number of thiophene rings is 1. The van der Waals surface area contributed by atoms with Crippen LogP contribution in [0.1, 0.15) is 45.8 Å². The maximum atomic E-state index is 13.7. The van der Waals surface area contributed by atoms with Crippen molar-refractivity contribution >= 4 is 39.7 Å². The second kappa shape index (κ2) is 7.75. The number of aromatic nitrogens is 2. The maximum absolute atomic E-state index is 13.7. The van der Waals surface area contributed by atoms with E-state index in [9.17, 15) is 22.8 Å². The molecular weight excluding hydrogens is 417 g/mol. The summed E-state index contributed by atoms with van der Waals surface area (Å²) in [4.78, 5) is 24.6. The molecule has 0 bridgehead atoms. The Morgan fingerprint density at radius 2 is 2.00 bits per heavy atom. The lowest BCUT2D eigenvalue weighted by Crippen LogP contribution is -2.28. The molecule has 1 aromatic carbocycles. The van der Waals surface area contributed by atoms with E-state index < -0.39 is 23.6 Å². The van der Waals surface area contributed by atoms with E-state index in [1.165, 1.54) is 28.9 Å². The molecule has 0 spiro atoms. The van der Waals surface area contributed by atoms with Gasteiger partial charge in [0.25, 0.3) is 11.8 Å². The van der Waals surface area contributed by atoms with Crippen molar-refractivity contribution in [2.24, 2.45) is 11.7 Å². The van der Waals surface area contributed by atoms with Gasteiger partial charge < -0.3 is 11.1 Å². The third-order valence-electron chi connectivity index (χ3n) is 5.28. The van der Waals surface area contributed by atoms with Crippen LogP contribution in [0, 0.1) is 11.7 Å². The van der Waals surface area contributed by atoms with E-state index in [-0.39, 0.29) is 31.0 Å². The van der Waals surface area contributed by atoms with Crippen LogP contribution in [-0.4, -0.2) is 27.5 Å². The maximum Gasteiger partial charge on any atom is 0.274 e. The largest absolute Gasteiger partial charge is 0.365 e. The van der Waals surface area contributed by atoms with Crippen molar-refractivity contribution in [3.63, 3.8) is 0 Å². The summed E-state index contributed by atoms with van der Waals surface area (Å²) < 4.78 is 42.1. The van der Waals surface area contributed by atoms with E-state index in [1.54, 1.807) is 5.38 Å². The number of hydrogen-bond acceptors (Lipinski definition) is 4. The lowest BCUT2D eigenvalue weighted by molar-refractivity contribution is -0.0476. The molecular formula is C20H19F3N4O2S. The molecule has 0 unspecified atom stereocenters. The molecule has 3 aromatic rings. The van der Waals surface area contributed by atoms with Crippen LogP contribution in [0.25, 0.3) is 10.9 Å². The number of rotatable bonds is 5. The Bertz CT molecular complexity index is 1110. The molecule has 2 amide bonds. The average molecular weight is 436 g/mol. The summed E-state index contributed by atoms with van der Waals surface area (Å²) in [5.74, 6) is -4.27. The van der Waals surface area contributed by atoms with Crippen molar-refractivity contribution in [1.29, 1.82) is 0 Å². The number of carbonyl (C=O) groups is 2. The van der Waals surface area contributed by atoms with Crippen molar-refractivity contribution in [2.45, 2.75) is 38.2 Å². The Balaban J connectivity index is 1.63. The Labute approximate surface area is 173 Å². The number of carbonyl (C=O) groups excluding carboxylic acids is 2. The molecule has 3 N–H and O–H groups in total. The van der Waals surface area contributed by atoms with Crippen LogP contribution in [-0.2, 0) is 6.54 Å². The van der Waals surface area contributed by atoms with E-state index in [0.717, 1.165) is 11.3 Å². The van der Waals surface area contributed by atoms with Gasteiger partial charge in [-0.3, -0.25) is 14.3 Å². The normalized spacial score (nSPS) is 16.6. The smallest absolute Gasteiger partial charge is 0.274 e. The van der Waals surface area contributed by atoms with Gasteiger partial charge in [-0.2, -0.15) is 5.10 Å². The first kappa shape index (κ1) is 20.4. The van der Waals surface area contributed by atoms with Gasteiger partial charge in [-0.15, -0.1) is 11.3 Å². The lowest BCUT2D eigenvalue weighted by atomic mass is 9.87. The quantitative estimate of drug-likeness (QED) is 0.621. The predicted octanol–water partition coefficient (Wildman–Crippen LogP) is 4.41. The summed E-state index contributed by atoms with van der Waals surface area (Å²) >= 11 is 1.10. The van der Waals surface area contributed by atoms with Crippen molar-refractivity contribution in [3.05, 3.63) is 46.0 Å². The fourth-order valence-corrected chi connectivity index (χ4v) is 4.42. The molecule has 1 fully saturated rings. The van der Waals surface area contributed by atoms with E-state index in [0.29, 0.717) is 34.3 Å². The van der Waals surface area contributed by atoms with Crippen LogP contribution in [0.2, 0.25) is 0 Å². The number of amides is 2. The third kappa shape index (κ3) is 4.18. The van der Waals surface area contributed by atoms with Crippen LogP contribution in [0.15, 0.2) is 29.6 Å². The van der Waals surface area contributed by atoms with Crippen molar-refractivity contribution in [3.8, 4) is 0 Å². The molecule has 1 aliphatic rings. The zero-order chi connectivity index (χ0) is 21.5. The Morgan fingerprint density at radius 1 is 1.27 bits per heavy atom.